The SMILES string of the molecule is O=C(O)c1cc(O)c(O)c(O)c1-c1ccc2c(c1)OC(O)(c1ccccc1)C(O)(O)C2O. The Bertz CT molecular complexity index is 1220. The number of fused-ring (bicyclic) bond motifs is 1. The lowest BCUT2D eigenvalue weighted by Gasteiger charge is -2.46. The van der Waals surface area contributed by atoms with Crippen LogP contribution in [0.25, 0.3) is 11.1 Å². The van der Waals surface area contributed by atoms with Crippen LogP contribution in [0, 0.1) is 0 Å². The van der Waals surface area contributed by atoms with Gasteiger partial charge >= 0.3 is 5.97 Å². The minimum Gasteiger partial charge on any atom is -0.504 e. The van der Waals surface area contributed by atoms with Crippen molar-refractivity contribution in [2.45, 2.75) is 17.7 Å². The highest BCUT2D eigenvalue weighted by molar-refractivity contribution is 6.00. The molecular formula is C22H18O10. The Morgan fingerprint density at radius 1 is 0.906 bits per heavy atom. The number of aromatic carboxylic acids is 1. The summed E-state index contributed by atoms with van der Waals surface area (Å²) >= 11 is 0. The second-order valence-electron chi connectivity index (χ2n) is 7.31. The Kier molecular flexibility index (Phi) is 4.75. The third-order valence-electron chi connectivity index (χ3n) is 5.38. The summed E-state index contributed by atoms with van der Waals surface area (Å²) < 4.78 is 5.50. The first kappa shape index (κ1) is 21.4. The summed E-state index contributed by atoms with van der Waals surface area (Å²) in [6.45, 7) is 0. The molecule has 0 fully saturated rings. The van der Waals surface area contributed by atoms with E-state index in [1.807, 2.05) is 0 Å². The van der Waals surface area contributed by atoms with E-state index >= 15 is 0 Å². The van der Waals surface area contributed by atoms with Crippen LogP contribution in [0.4, 0.5) is 0 Å². The molecule has 10 nitrogen and oxygen atoms in total. The molecule has 2 unspecified atom stereocenters. The van der Waals surface area contributed by atoms with E-state index < -0.39 is 46.5 Å². The summed E-state index contributed by atoms with van der Waals surface area (Å²) in [7, 11) is 0. The molecule has 10 heteroatoms. The van der Waals surface area contributed by atoms with Crippen LogP contribution in [-0.4, -0.2) is 52.6 Å². The summed E-state index contributed by atoms with van der Waals surface area (Å²) in [6, 6.07) is 11.6. The molecule has 8 N–H and O–H groups in total. The number of aliphatic hydroxyl groups is 4. The first-order chi connectivity index (χ1) is 15.0. The van der Waals surface area contributed by atoms with Gasteiger partial charge in [-0.15, -0.1) is 0 Å². The number of benzene rings is 3. The van der Waals surface area contributed by atoms with Crippen molar-refractivity contribution in [3.05, 3.63) is 71.3 Å². The predicted molar refractivity (Wildman–Crippen MR) is 107 cm³/mol. The fraction of sp³-hybridized carbons (Fsp3) is 0.136. The van der Waals surface area contributed by atoms with Crippen LogP contribution in [-0.2, 0) is 5.79 Å². The highest BCUT2D eigenvalue weighted by atomic mass is 16.7. The monoisotopic (exact) mass is 442 g/mol. The Morgan fingerprint density at radius 3 is 2.19 bits per heavy atom. The van der Waals surface area contributed by atoms with Crippen molar-refractivity contribution in [1.29, 1.82) is 0 Å². The zero-order chi connectivity index (χ0) is 23.4. The largest absolute Gasteiger partial charge is 0.504 e. The van der Waals surface area contributed by atoms with Gasteiger partial charge in [-0.3, -0.25) is 0 Å². The van der Waals surface area contributed by atoms with Gasteiger partial charge in [-0.2, -0.15) is 0 Å². The quantitative estimate of drug-likeness (QED) is 0.216. The average molecular weight is 442 g/mol. The van der Waals surface area contributed by atoms with Gasteiger partial charge < -0.3 is 45.6 Å². The van der Waals surface area contributed by atoms with E-state index in [0.717, 1.165) is 12.1 Å². The van der Waals surface area contributed by atoms with Crippen molar-refractivity contribution in [2.75, 3.05) is 0 Å². The predicted octanol–water partition coefficient (Wildman–Crippen LogP) is 1.12. The third kappa shape index (κ3) is 2.93. The van der Waals surface area contributed by atoms with Crippen LogP contribution < -0.4 is 4.74 Å². The van der Waals surface area contributed by atoms with Crippen LogP contribution >= 0.6 is 0 Å². The number of carboxylic acid groups (broad SMARTS) is 1. The van der Waals surface area contributed by atoms with Crippen molar-refractivity contribution in [3.8, 4) is 34.1 Å². The minimum absolute atomic E-state index is 0.0278. The summed E-state index contributed by atoms with van der Waals surface area (Å²) in [6.07, 6.45) is -2.04. The number of aromatic hydroxyl groups is 3. The molecule has 0 bridgehead atoms. The Morgan fingerprint density at radius 2 is 1.56 bits per heavy atom. The standard InChI is InChI=1S/C22H18O10/c23-14-9-13(20(27)28)16(18(25)17(14)24)10-6-7-12-15(8-10)32-22(31,21(29,30)19(12)26)11-4-2-1-3-5-11/h1-9,19,23-26,29-31H,(H,27,28). The zero-order valence-corrected chi connectivity index (χ0v) is 16.2. The fourth-order valence-electron chi connectivity index (χ4n) is 3.68. The molecule has 0 aliphatic carbocycles. The van der Waals surface area contributed by atoms with E-state index in [1.165, 1.54) is 36.4 Å². The van der Waals surface area contributed by atoms with E-state index in [2.05, 4.69) is 0 Å². The Hall–Kier alpha value is -3.83. The number of aliphatic hydroxyl groups excluding tert-OH is 1. The van der Waals surface area contributed by atoms with E-state index in [9.17, 15) is 45.6 Å². The number of hydrogen-bond acceptors (Lipinski definition) is 9. The molecule has 3 aromatic carbocycles. The van der Waals surface area contributed by atoms with Gasteiger partial charge in [0, 0.05) is 16.7 Å². The van der Waals surface area contributed by atoms with E-state index in [-0.39, 0.29) is 28.0 Å². The van der Waals surface area contributed by atoms with Crippen LogP contribution in [0.5, 0.6) is 23.0 Å². The Balaban J connectivity index is 1.92. The van der Waals surface area contributed by atoms with E-state index in [4.69, 9.17) is 4.74 Å². The van der Waals surface area contributed by atoms with Crippen molar-refractivity contribution >= 4 is 5.97 Å². The van der Waals surface area contributed by atoms with Gasteiger partial charge in [-0.1, -0.05) is 42.5 Å². The van der Waals surface area contributed by atoms with Crippen LogP contribution in [0.2, 0.25) is 0 Å². The number of carboxylic acids is 1. The van der Waals surface area contributed by atoms with Gasteiger partial charge in [-0.25, -0.2) is 4.79 Å². The maximum atomic E-state index is 11.6. The summed E-state index contributed by atoms with van der Waals surface area (Å²) in [4.78, 5) is 11.6. The minimum atomic E-state index is -3.16. The second-order valence-corrected chi connectivity index (χ2v) is 7.31. The molecule has 1 aliphatic heterocycles. The first-order valence-electron chi connectivity index (χ1n) is 9.24. The van der Waals surface area contributed by atoms with Gasteiger partial charge in [-0.05, 0) is 17.7 Å². The number of phenolic OH excluding ortho intramolecular Hbond substituents is 3. The first-order valence-corrected chi connectivity index (χ1v) is 9.24. The normalized spacial score (nSPS) is 21.4. The molecule has 1 aliphatic rings. The smallest absolute Gasteiger partial charge is 0.336 e. The maximum Gasteiger partial charge on any atom is 0.336 e. The highest BCUT2D eigenvalue weighted by Gasteiger charge is 2.61. The third-order valence-corrected chi connectivity index (χ3v) is 5.38. The molecule has 0 spiro atoms. The molecular weight excluding hydrogens is 424 g/mol. The van der Waals surface area contributed by atoms with Gasteiger partial charge in [0.15, 0.2) is 11.5 Å². The molecule has 0 amide bonds. The number of rotatable bonds is 3. The lowest BCUT2D eigenvalue weighted by Crippen LogP contribution is -2.61. The molecule has 166 valence electrons. The van der Waals surface area contributed by atoms with Gasteiger partial charge in [0.25, 0.3) is 11.6 Å². The van der Waals surface area contributed by atoms with Crippen molar-refractivity contribution in [3.63, 3.8) is 0 Å². The van der Waals surface area contributed by atoms with Gasteiger partial charge in [0.05, 0.1) is 5.56 Å². The number of hydrogen-bond donors (Lipinski definition) is 8. The summed E-state index contributed by atoms with van der Waals surface area (Å²) in [5, 5.41) is 81.9. The molecule has 2 atom stereocenters. The van der Waals surface area contributed by atoms with Gasteiger partial charge in [0.1, 0.15) is 11.9 Å². The molecule has 0 aromatic heterocycles. The molecule has 32 heavy (non-hydrogen) atoms. The molecule has 1 heterocycles. The van der Waals surface area contributed by atoms with Crippen LogP contribution in [0.3, 0.4) is 0 Å². The van der Waals surface area contributed by atoms with E-state index in [0.29, 0.717) is 0 Å². The zero-order valence-electron chi connectivity index (χ0n) is 16.2. The molecule has 0 radical (unpaired) electrons. The lowest BCUT2D eigenvalue weighted by atomic mass is 9.85. The molecule has 3 aromatic rings. The van der Waals surface area contributed by atoms with Crippen LogP contribution in [0.1, 0.15) is 27.6 Å². The maximum absolute atomic E-state index is 11.6. The van der Waals surface area contributed by atoms with Crippen molar-refractivity contribution in [2.24, 2.45) is 0 Å². The molecule has 0 saturated carbocycles. The lowest BCUT2D eigenvalue weighted by molar-refractivity contribution is -0.393. The van der Waals surface area contributed by atoms with Crippen molar-refractivity contribution < 1.29 is 50.4 Å². The second kappa shape index (κ2) is 7.11. The van der Waals surface area contributed by atoms with Crippen LogP contribution in [0.15, 0.2) is 54.6 Å². The molecule has 0 saturated heterocycles. The highest BCUT2D eigenvalue weighted by Crippen LogP contribution is 2.51. The molecule has 4 rings (SSSR count). The summed E-state index contributed by atoms with van der Waals surface area (Å²) in [5.41, 5.74) is -1.18. The van der Waals surface area contributed by atoms with Gasteiger partial charge in [0.2, 0.25) is 5.75 Å². The fourth-order valence-corrected chi connectivity index (χ4v) is 3.68. The Labute approximate surface area is 180 Å². The topological polar surface area (TPSA) is 188 Å². The number of carbonyl (C=O) groups is 1. The van der Waals surface area contributed by atoms with Crippen molar-refractivity contribution in [1.82, 2.24) is 0 Å². The van der Waals surface area contributed by atoms with E-state index in [1.54, 1.807) is 6.07 Å². The average Bonchev–Trinajstić information content (AvgIpc) is 2.76. The summed E-state index contributed by atoms with van der Waals surface area (Å²) in [5.74, 6) is -10.5. The number of phenols is 3. The number of ether oxygens (including phenoxy) is 1.